The van der Waals surface area contributed by atoms with E-state index in [1.807, 2.05) is 0 Å². The summed E-state index contributed by atoms with van der Waals surface area (Å²) in [7, 11) is 0. The molecule has 3 N–H and O–H groups in total. The van der Waals surface area contributed by atoms with Gasteiger partial charge in [-0.25, -0.2) is 0 Å². The maximum Gasteiger partial charge on any atom is 0.416 e. The number of ether oxygens (including phenoxy) is 1. The highest BCUT2D eigenvalue weighted by Crippen LogP contribution is 2.38. The fourth-order valence-electron chi connectivity index (χ4n) is 2.85. The molecule has 0 saturated carbocycles. The van der Waals surface area contributed by atoms with E-state index in [9.17, 15) is 32.9 Å². The number of primary amides is 1. The average molecular weight is 461 g/mol. The minimum atomic E-state index is -4.72. The number of fused-ring (bicyclic) bond motifs is 1. The Morgan fingerprint density at radius 3 is 2.73 bits per heavy atom. The van der Waals surface area contributed by atoms with Crippen LogP contribution in [0.3, 0.4) is 0 Å². The lowest BCUT2D eigenvalue weighted by Crippen LogP contribution is -2.20. The van der Waals surface area contributed by atoms with E-state index in [0.29, 0.717) is 43.5 Å². The minimum Gasteiger partial charge on any atom is -0.376 e. The summed E-state index contributed by atoms with van der Waals surface area (Å²) in [6.45, 7) is 0.716. The number of carbonyl (C=O) groups is 2. The molecule has 0 atom stereocenters. The van der Waals surface area contributed by atoms with Gasteiger partial charge in [-0.3, -0.25) is 19.7 Å². The van der Waals surface area contributed by atoms with Crippen LogP contribution in [0.5, 0.6) is 0 Å². The number of nitrogens with one attached hydrogen (secondary N) is 1. The Morgan fingerprint density at radius 2 is 2.10 bits per heavy atom. The van der Waals surface area contributed by atoms with Gasteiger partial charge in [-0.2, -0.15) is 13.2 Å². The van der Waals surface area contributed by atoms with Crippen LogP contribution in [0.1, 0.15) is 26.4 Å². The van der Waals surface area contributed by atoms with Crippen molar-refractivity contribution in [3.8, 4) is 0 Å². The third-order valence-electron chi connectivity index (χ3n) is 4.16. The van der Waals surface area contributed by atoms with Gasteiger partial charge < -0.3 is 15.8 Å². The molecular formula is C17H14F3N3O5S2. The topological polar surface area (TPSA) is 125 Å². The Morgan fingerprint density at radius 1 is 1.37 bits per heavy atom. The molecule has 1 aromatic carbocycles. The van der Waals surface area contributed by atoms with Crippen LogP contribution in [0.15, 0.2) is 23.1 Å². The molecule has 0 radical (unpaired) electrons. The molecule has 0 fully saturated rings. The van der Waals surface area contributed by atoms with Gasteiger partial charge in [-0.15, -0.1) is 23.1 Å². The number of hydrogen-bond acceptors (Lipinski definition) is 7. The first kappa shape index (κ1) is 22.1. The number of amides is 2. The lowest BCUT2D eigenvalue weighted by atomic mass is 10.1. The summed E-state index contributed by atoms with van der Waals surface area (Å²) < 4.78 is 43.7. The van der Waals surface area contributed by atoms with E-state index in [0.717, 1.165) is 27.8 Å². The van der Waals surface area contributed by atoms with Crippen molar-refractivity contribution >= 4 is 45.6 Å². The molecule has 0 unspecified atom stereocenters. The zero-order chi connectivity index (χ0) is 22.1. The van der Waals surface area contributed by atoms with Crippen LogP contribution in [0.25, 0.3) is 0 Å². The minimum absolute atomic E-state index is 0.0860. The smallest absolute Gasteiger partial charge is 0.376 e. The maximum absolute atomic E-state index is 12.8. The van der Waals surface area contributed by atoms with Crippen LogP contribution in [0.4, 0.5) is 23.9 Å². The van der Waals surface area contributed by atoms with Gasteiger partial charge in [0.1, 0.15) is 5.00 Å². The molecule has 13 heteroatoms. The average Bonchev–Trinajstić information content (AvgIpc) is 3.03. The third kappa shape index (κ3) is 4.74. The molecule has 1 aliphatic heterocycles. The second-order valence-electron chi connectivity index (χ2n) is 6.15. The fourth-order valence-corrected chi connectivity index (χ4v) is 4.86. The summed E-state index contributed by atoms with van der Waals surface area (Å²) in [6.07, 6.45) is -4.25. The lowest BCUT2D eigenvalue weighted by molar-refractivity contribution is -0.388. The molecule has 0 aliphatic carbocycles. The number of nitrogens with two attached hydrogens (primary N) is 1. The number of hydrogen-bond donors (Lipinski definition) is 2. The molecule has 1 aromatic heterocycles. The highest BCUT2D eigenvalue weighted by Gasteiger charge is 2.33. The van der Waals surface area contributed by atoms with E-state index in [4.69, 9.17) is 10.5 Å². The van der Waals surface area contributed by atoms with Gasteiger partial charge in [-0.05, 0) is 24.1 Å². The number of carbonyl (C=O) groups excluding carboxylic acids is 2. The standard InChI is InChI=1S/C17H14F3N3O5S2/c18-17(19,20)8-1-2-11(10(5-8)23(26)27)29-7-13(24)22-16-14(15(21)25)9-3-4-28-6-12(9)30-16/h1-2,5H,3-4,6-7H2,(H2,21,25)(H,22,24). The number of halogens is 3. The zero-order valence-corrected chi connectivity index (χ0v) is 16.7. The summed E-state index contributed by atoms with van der Waals surface area (Å²) >= 11 is 1.87. The Kier molecular flexibility index (Phi) is 6.33. The largest absolute Gasteiger partial charge is 0.416 e. The van der Waals surface area contributed by atoms with E-state index < -0.39 is 34.2 Å². The number of thiophene rings is 1. The zero-order valence-electron chi connectivity index (χ0n) is 15.1. The van der Waals surface area contributed by atoms with Crippen molar-refractivity contribution in [3.05, 3.63) is 49.9 Å². The first-order chi connectivity index (χ1) is 14.1. The molecule has 1 aliphatic rings. The predicted octanol–water partition coefficient (Wildman–Crippen LogP) is 3.58. The van der Waals surface area contributed by atoms with E-state index >= 15 is 0 Å². The van der Waals surface area contributed by atoms with Crippen molar-refractivity contribution < 1.29 is 32.4 Å². The highest BCUT2D eigenvalue weighted by molar-refractivity contribution is 8.00. The Labute approximate surface area is 175 Å². The molecule has 0 saturated heterocycles. The molecule has 8 nitrogen and oxygen atoms in total. The molecule has 0 bridgehead atoms. The molecule has 0 spiro atoms. The van der Waals surface area contributed by atoms with Gasteiger partial charge >= 0.3 is 6.18 Å². The van der Waals surface area contributed by atoms with Gasteiger partial charge in [-0.1, -0.05) is 0 Å². The highest BCUT2D eigenvalue weighted by atomic mass is 32.2. The Hall–Kier alpha value is -2.64. The molecule has 3 rings (SSSR count). The van der Waals surface area contributed by atoms with E-state index in [2.05, 4.69) is 5.32 Å². The van der Waals surface area contributed by atoms with Crippen LogP contribution in [-0.4, -0.2) is 29.1 Å². The van der Waals surface area contributed by atoms with E-state index in [1.54, 1.807) is 0 Å². The fraction of sp³-hybridized carbons (Fsp3) is 0.294. The summed E-state index contributed by atoms with van der Waals surface area (Å²) in [4.78, 5) is 35.0. The monoisotopic (exact) mass is 461 g/mol. The summed E-state index contributed by atoms with van der Waals surface area (Å²) in [5.74, 6) is -1.60. The van der Waals surface area contributed by atoms with Crippen molar-refractivity contribution in [2.75, 3.05) is 17.7 Å². The predicted molar refractivity (Wildman–Crippen MR) is 104 cm³/mol. The van der Waals surface area contributed by atoms with E-state index in [1.165, 1.54) is 0 Å². The Bertz CT molecular complexity index is 1020. The number of benzene rings is 1. The van der Waals surface area contributed by atoms with E-state index in [-0.39, 0.29) is 21.2 Å². The normalized spacial score (nSPS) is 13.6. The van der Waals surface area contributed by atoms with Crippen LogP contribution in [0.2, 0.25) is 0 Å². The third-order valence-corrected chi connectivity index (χ3v) is 6.35. The number of nitro benzene ring substituents is 1. The van der Waals surface area contributed by atoms with Crippen molar-refractivity contribution in [3.63, 3.8) is 0 Å². The summed E-state index contributed by atoms with van der Waals surface area (Å²) in [5, 5.41) is 13.9. The molecule has 160 valence electrons. The first-order valence-corrected chi connectivity index (χ1v) is 10.2. The number of anilines is 1. The SMILES string of the molecule is NC(=O)c1c(NC(=O)CSc2ccc(C(F)(F)F)cc2[N+](=O)[O-])sc2c1CCOC2. The number of nitrogens with zero attached hydrogens (tertiary/aromatic N) is 1. The maximum atomic E-state index is 12.8. The quantitative estimate of drug-likeness (QED) is 0.385. The number of alkyl halides is 3. The Balaban J connectivity index is 1.75. The van der Waals surface area contributed by atoms with Crippen molar-refractivity contribution in [1.82, 2.24) is 0 Å². The second kappa shape index (κ2) is 8.62. The van der Waals surface area contributed by atoms with Gasteiger partial charge in [0, 0.05) is 10.9 Å². The second-order valence-corrected chi connectivity index (χ2v) is 8.27. The number of rotatable bonds is 6. The van der Waals surface area contributed by atoms with Gasteiger partial charge in [0.15, 0.2) is 0 Å². The first-order valence-electron chi connectivity index (χ1n) is 8.38. The van der Waals surface area contributed by atoms with Crippen molar-refractivity contribution in [2.45, 2.75) is 24.1 Å². The van der Waals surface area contributed by atoms with Crippen LogP contribution < -0.4 is 11.1 Å². The van der Waals surface area contributed by atoms with Gasteiger partial charge in [0.2, 0.25) is 5.91 Å². The van der Waals surface area contributed by atoms with Crippen molar-refractivity contribution in [2.24, 2.45) is 5.73 Å². The molecule has 2 aromatic rings. The number of nitro groups is 1. The van der Waals surface area contributed by atoms with Crippen LogP contribution >= 0.6 is 23.1 Å². The summed E-state index contributed by atoms with van der Waals surface area (Å²) in [6, 6.07) is 2.10. The van der Waals surface area contributed by atoms with Crippen LogP contribution in [0, 0.1) is 10.1 Å². The van der Waals surface area contributed by atoms with Crippen LogP contribution in [-0.2, 0) is 28.7 Å². The lowest BCUT2D eigenvalue weighted by Gasteiger charge is -2.12. The molecular weight excluding hydrogens is 447 g/mol. The number of thioether (sulfide) groups is 1. The van der Waals surface area contributed by atoms with Gasteiger partial charge in [0.25, 0.3) is 11.6 Å². The molecule has 30 heavy (non-hydrogen) atoms. The summed E-state index contributed by atoms with van der Waals surface area (Å²) in [5.41, 5.74) is 4.46. The molecule has 2 amide bonds. The molecule has 2 heterocycles. The van der Waals surface area contributed by atoms with Gasteiger partial charge in [0.05, 0.1) is 39.9 Å². The van der Waals surface area contributed by atoms with Crippen molar-refractivity contribution in [1.29, 1.82) is 0 Å².